The number of hydrogen-bond donors (Lipinski definition) is 1. The van der Waals surface area contributed by atoms with E-state index in [4.69, 9.17) is 0 Å². The van der Waals surface area contributed by atoms with Crippen LogP contribution in [0.3, 0.4) is 0 Å². The third-order valence-electron chi connectivity index (χ3n) is 7.78. The topological polar surface area (TPSA) is 109 Å². The van der Waals surface area contributed by atoms with Crippen molar-refractivity contribution in [1.82, 2.24) is 23.6 Å². The Bertz CT molecular complexity index is 1700. The van der Waals surface area contributed by atoms with Crippen LogP contribution in [0.4, 0.5) is 20.3 Å². The second kappa shape index (κ2) is 12.6. The molecule has 1 fully saturated rings. The molecule has 13 heteroatoms. The Morgan fingerprint density at radius 3 is 2.51 bits per heavy atom. The lowest BCUT2D eigenvalue weighted by molar-refractivity contribution is -0.0498. The highest BCUT2D eigenvalue weighted by molar-refractivity contribution is 7.88. The molecule has 1 amide bonds. The van der Waals surface area contributed by atoms with Gasteiger partial charge in [-0.1, -0.05) is 0 Å². The van der Waals surface area contributed by atoms with Gasteiger partial charge < -0.3 is 15.0 Å². The van der Waals surface area contributed by atoms with Crippen molar-refractivity contribution in [2.45, 2.75) is 32.8 Å². The highest BCUT2D eigenvalue weighted by Crippen LogP contribution is 2.28. The van der Waals surface area contributed by atoms with Crippen molar-refractivity contribution in [3.05, 3.63) is 72.2 Å². The van der Waals surface area contributed by atoms with Crippen molar-refractivity contribution in [2.24, 2.45) is 5.92 Å². The van der Waals surface area contributed by atoms with Crippen LogP contribution < -0.4 is 10.1 Å². The lowest BCUT2D eigenvalue weighted by Crippen LogP contribution is -2.38. The van der Waals surface area contributed by atoms with E-state index in [2.05, 4.69) is 20.0 Å². The number of hydrogen-bond acceptors (Lipinski definition) is 7. The predicted molar refractivity (Wildman–Crippen MR) is 160 cm³/mol. The number of imidazole rings is 1. The van der Waals surface area contributed by atoms with Gasteiger partial charge in [0.25, 0.3) is 5.91 Å². The normalized spacial score (nSPS) is 14.7. The Balaban J connectivity index is 1.23. The number of piperidine rings is 1. The van der Waals surface area contributed by atoms with Crippen LogP contribution >= 0.6 is 0 Å². The second-order valence-electron chi connectivity index (χ2n) is 10.8. The summed E-state index contributed by atoms with van der Waals surface area (Å²) >= 11 is 0. The Morgan fingerprint density at radius 1 is 1.14 bits per heavy atom. The van der Waals surface area contributed by atoms with Gasteiger partial charge in [0.15, 0.2) is 11.5 Å². The van der Waals surface area contributed by atoms with Crippen LogP contribution in [-0.2, 0) is 10.0 Å². The van der Waals surface area contributed by atoms with Crippen LogP contribution in [0.15, 0.2) is 61.1 Å². The number of amides is 1. The van der Waals surface area contributed by atoms with E-state index in [0.29, 0.717) is 42.6 Å². The van der Waals surface area contributed by atoms with E-state index in [-0.39, 0.29) is 11.7 Å². The lowest BCUT2D eigenvalue weighted by atomic mass is 9.94. The minimum atomic E-state index is -3.15. The summed E-state index contributed by atoms with van der Waals surface area (Å²) in [7, 11) is -1.36. The zero-order valence-electron chi connectivity index (χ0n) is 24.2. The Hall–Kier alpha value is -4.10. The summed E-state index contributed by atoms with van der Waals surface area (Å²) in [6.45, 7) is 0.657. The summed E-state index contributed by atoms with van der Waals surface area (Å²) in [5, 5.41) is 3.29. The fourth-order valence-electron chi connectivity index (χ4n) is 5.36. The summed E-state index contributed by atoms with van der Waals surface area (Å²) in [6, 6.07) is 11.8. The molecule has 1 N–H and O–H groups in total. The van der Waals surface area contributed by atoms with Crippen molar-refractivity contribution in [3.8, 4) is 17.0 Å². The maximum Gasteiger partial charge on any atom is 0.387 e. The molecule has 4 aromatic rings. The Labute approximate surface area is 249 Å². The maximum atomic E-state index is 13.2. The summed E-state index contributed by atoms with van der Waals surface area (Å²) in [6.07, 6.45) is 8.76. The quantitative estimate of drug-likeness (QED) is 0.263. The Morgan fingerprint density at radius 2 is 1.86 bits per heavy atom. The first-order valence-corrected chi connectivity index (χ1v) is 15.8. The van der Waals surface area contributed by atoms with Crippen LogP contribution in [-0.4, -0.2) is 77.4 Å². The van der Waals surface area contributed by atoms with Crippen LogP contribution in [0.2, 0.25) is 0 Å². The molecule has 2 aromatic carbocycles. The number of nitrogens with one attached hydrogen (secondary N) is 1. The zero-order chi connectivity index (χ0) is 30.7. The van der Waals surface area contributed by atoms with E-state index in [1.807, 2.05) is 23.5 Å². The first-order valence-electron chi connectivity index (χ1n) is 13.9. The number of carbonyl (C=O) groups excluding carboxylic acids is 1. The lowest BCUT2D eigenvalue weighted by Gasteiger charge is -2.31. The predicted octanol–water partition coefficient (Wildman–Crippen LogP) is 5.18. The first-order chi connectivity index (χ1) is 20.5. The van der Waals surface area contributed by atoms with E-state index in [0.717, 1.165) is 41.8 Å². The molecule has 228 valence electrons. The van der Waals surface area contributed by atoms with Gasteiger partial charge in [0.2, 0.25) is 10.0 Å². The highest BCUT2D eigenvalue weighted by Gasteiger charge is 2.25. The molecule has 0 saturated carbocycles. The zero-order valence-corrected chi connectivity index (χ0v) is 25.0. The fourth-order valence-corrected chi connectivity index (χ4v) is 6.23. The molecule has 1 aliphatic rings. The summed E-state index contributed by atoms with van der Waals surface area (Å²) < 4.78 is 56.3. The summed E-state index contributed by atoms with van der Waals surface area (Å²) in [5.74, 6) is 0.912. The molecule has 1 aliphatic heterocycles. The molecule has 0 unspecified atom stereocenters. The molecular formula is C30H34F2N6O4S. The van der Waals surface area contributed by atoms with E-state index in [9.17, 15) is 22.0 Å². The average Bonchev–Trinajstić information content (AvgIpc) is 3.41. The number of ether oxygens (including phenoxy) is 1. The number of fused-ring (bicyclic) bond motifs is 1. The third kappa shape index (κ3) is 7.11. The number of halogens is 2. The number of rotatable bonds is 10. The third-order valence-corrected chi connectivity index (χ3v) is 9.09. The monoisotopic (exact) mass is 612 g/mol. The average molecular weight is 613 g/mol. The SMILES string of the molecule is Cc1cc(Nc2nccn3c(-c4ccc(OC(F)F)cc4)cnc23)ccc1C(=O)N(C)CCC1CCN(S(C)(=O)=O)CC1. The standard InChI is InChI=1S/C30H34F2N6O4S/c1-20-18-23(6-9-25(20)29(39)36(2)14-10-21-11-15-37(16-12-21)43(3,40)41)35-27-28-34-19-26(38(28)17-13-33-27)22-4-7-24(8-5-22)42-30(31)32/h4-9,13,17-19,21,30H,10-12,14-16H2,1-3H3,(H,33,35). The second-order valence-corrected chi connectivity index (χ2v) is 12.8. The number of alkyl halides is 2. The molecule has 43 heavy (non-hydrogen) atoms. The van der Waals surface area contributed by atoms with Crippen LogP contribution in [0.25, 0.3) is 16.9 Å². The molecule has 10 nitrogen and oxygen atoms in total. The molecule has 0 aliphatic carbocycles. The van der Waals surface area contributed by atoms with Gasteiger partial charge in [-0.25, -0.2) is 22.7 Å². The minimum Gasteiger partial charge on any atom is -0.435 e. The molecule has 0 atom stereocenters. The first kappa shape index (κ1) is 30.4. The van der Waals surface area contributed by atoms with Gasteiger partial charge in [-0.05, 0) is 80.1 Å². The van der Waals surface area contributed by atoms with Crippen molar-refractivity contribution >= 4 is 33.1 Å². The maximum absolute atomic E-state index is 13.2. The molecule has 2 aromatic heterocycles. The molecule has 0 radical (unpaired) electrons. The van der Waals surface area contributed by atoms with Crippen molar-refractivity contribution in [1.29, 1.82) is 0 Å². The highest BCUT2D eigenvalue weighted by atomic mass is 32.2. The number of aryl methyl sites for hydroxylation is 1. The number of sulfonamides is 1. The molecule has 0 bridgehead atoms. The molecular weight excluding hydrogens is 578 g/mol. The van der Waals surface area contributed by atoms with Gasteiger partial charge in [-0.3, -0.25) is 9.20 Å². The van der Waals surface area contributed by atoms with Crippen molar-refractivity contribution in [3.63, 3.8) is 0 Å². The van der Waals surface area contributed by atoms with Crippen molar-refractivity contribution in [2.75, 3.05) is 38.3 Å². The van der Waals surface area contributed by atoms with Crippen LogP contribution in [0, 0.1) is 12.8 Å². The van der Waals surface area contributed by atoms with E-state index < -0.39 is 16.6 Å². The van der Waals surface area contributed by atoms with E-state index in [1.165, 1.54) is 22.7 Å². The van der Waals surface area contributed by atoms with Gasteiger partial charge in [-0.15, -0.1) is 0 Å². The number of nitrogens with zero attached hydrogens (tertiary/aromatic N) is 5. The van der Waals surface area contributed by atoms with Gasteiger partial charge in [0, 0.05) is 55.9 Å². The number of aromatic nitrogens is 3. The van der Waals surface area contributed by atoms with Gasteiger partial charge in [0.1, 0.15) is 5.75 Å². The summed E-state index contributed by atoms with van der Waals surface area (Å²) in [5.41, 5.74) is 4.26. The summed E-state index contributed by atoms with van der Waals surface area (Å²) in [4.78, 5) is 23.9. The molecule has 3 heterocycles. The molecule has 0 spiro atoms. The number of carbonyl (C=O) groups is 1. The smallest absolute Gasteiger partial charge is 0.387 e. The van der Waals surface area contributed by atoms with E-state index in [1.54, 1.807) is 48.7 Å². The van der Waals surface area contributed by atoms with E-state index >= 15 is 0 Å². The molecule has 1 saturated heterocycles. The largest absolute Gasteiger partial charge is 0.435 e. The van der Waals surface area contributed by atoms with Gasteiger partial charge >= 0.3 is 6.61 Å². The molecule has 5 rings (SSSR count). The van der Waals surface area contributed by atoms with Crippen LogP contribution in [0.1, 0.15) is 35.2 Å². The number of anilines is 2. The van der Waals surface area contributed by atoms with Gasteiger partial charge in [-0.2, -0.15) is 8.78 Å². The van der Waals surface area contributed by atoms with Crippen LogP contribution in [0.5, 0.6) is 5.75 Å². The van der Waals surface area contributed by atoms with Gasteiger partial charge in [0.05, 0.1) is 18.1 Å². The fraction of sp³-hybridized carbons (Fsp3) is 0.367. The van der Waals surface area contributed by atoms with Crippen molar-refractivity contribution < 1.29 is 26.7 Å². The Kier molecular flexibility index (Phi) is 8.92. The number of benzene rings is 2. The minimum absolute atomic E-state index is 0.0688.